The number of nitrogens with zero attached hydrogens (tertiary/aromatic N) is 3. The van der Waals surface area contributed by atoms with Gasteiger partial charge in [-0.3, -0.25) is 5.43 Å². The fraction of sp³-hybridized carbons (Fsp3) is 0.0435. The van der Waals surface area contributed by atoms with Crippen molar-refractivity contribution in [1.29, 1.82) is 0 Å². The molecule has 0 saturated heterocycles. The molecule has 0 atom stereocenters. The minimum absolute atomic E-state index is 0.796. The van der Waals surface area contributed by atoms with Gasteiger partial charge in [0, 0.05) is 22.4 Å². The molecule has 4 nitrogen and oxygen atoms in total. The third-order valence-corrected chi connectivity index (χ3v) is 5.04. The lowest BCUT2D eigenvalue weighted by atomic mass is 10.1. The first-order valence-electron chi connectivity index (χ1n) is 9.01. The van der Waals surface area contributed by atoms with Crippen LogP contribution in [0, 0.1) is 6.92 Å². The highest BCUT2D eigenvalue weighted by Gasteiger charge is 2.11. The second-order valence-corrected chi connectivity index (χ2v) is 7.12. The van der Waals surface area contributed by atoms with E-state index < -0.39 is 0 Å². The van der Waals surface area contributed by atoms with E-state index in [0.29, 0.717) is 0 Å². The summed E-state index contributed by atoms with van der Waals surface area (Å²) in [6.07, 6.45) is 1.80. The van der Waals surface area contributed by atoms with Crippen LogP contribution in [0.1, 0.15) is 11.3 Å². The maximum atomic E-state index is 4.33. The molecule has 0 bridgehead atoms. The Labute approximate surface area is 168 Å². The summed E-state index contributed by atoms with van der Waals surface area (Å²) in [6.45, 7) is 1.97. The summed E-state index contributed by atoms with van der Waals surface area (Å²) in [4.78, 5) is 6.57. The number of benzene rings is 3. The van der Waals surface area contributed by atoms with Crippen molar-refractivity contribution >= 4 is 39.7 Å². The van der Waals surface area contributed by atoms with Crippen molar-refractivity contribution in [2.45, 2.75) is 6.92 Å². The highest BCUT2D eigenvalue weighted by molar-refractivity contribution is 7.13. The van der Waals surface area contributed by atoms with Crippen molar-refractivity contribution < 1.29 is 0 Å². The van der Waals surface area contributed by atoms with Gasteiger partial charge in [-0.25, -0.2) is 4.98 Å². The van der Waals surface area contributed by atoms with Crippen LogP contribution in [0.3, 0.4) is 0 Å². The summed E-state index contributed by atoms with van der Waals surface area (Å²) in [5, 5.41) is 7.07. The summed E-state index contributed by atoms with van der Waals surface area (Å²) in [5.41, 5.74) is 8.32. The van der Waals surface area contributed by atoms with Crippen LogP contribution in [0.5, 0.6) is 0 Å². The minimum atomic E-state index is 0.796. The van der Waals surface area contributed by atoms with Crippen molar-refractivity contribution in [3.05, 3.63) is 102 Å². The molecule has 0 radical (unpaired) electrons. The fourth-order valence-corrected chi connectivity index (χ4v) is 3.52. The number of para-hydroxylation sites is 2. The first-order valence-corrected chi connectivity index (χ1v) is 9.89. The van der Waals surface area contributed by atoms with Crippen LogP contribution < -0.4 is 10.3 Å². The number of anilines is 4. The minimum Gasteiger partial charge on any atom is -0.311 e. The molecular formula is C23H20N4S. The standard InChI is InChI=1S/C23H20N4S/c1-18-17-28-23(25-18)26-24-16-19-12-14-22(15-13-19)27(20-8-4-2-5-9-20)21-10-6-3-7-11-21/h2-17H,1H3,(H,25,26). The molecular weight excluding hydrogens is 364 g/mol. The molecule has 1 aromatic heterocycles. The normalized spacial score (nSPS) is 10.9. The van der Waals surface area contributed by atoms with E-state index in [1.54, 1.807) is 17.6 Å². The quantitative estimate of drug-likeness (QED) is 0.310. The Morgan fingerprint density at radius 2 is 1.39 bits per heavy atom. The van der Waals surface area contributed by atoms with E-state index in [1.807, 2.05) is 24.4 Å². The topological polar surface area (TPSA) is 40.5 Å². The zero-order chi connectivity index (χ0) is 19.2. The summed E-state index contributed by atoms with van der Waals surface area (Å²) in [6, 6.07) is 29.1. The molecule has 1 N–H and O–H groups in total. The molecule has 0 unspecified atom stereocenters. The maximum Gasteiger partial charge on any atom is 0.203 e. The average molecular weight is 385 g/mol. The van der Waals surface area contributed by atoms with Gasteiger partial charge in [-0.15, -0.1) is 11.3 Å². The number of hydrogen-bond acceptors (Lipinski definition) is 5. The van der Waals surface area contributed by atoms with Gasteiger partial charge in [-0.1, -0.05) is 48.5 Å². The summed E-state index contributed by atoms with van der Waals surface area (Å²) >= 11 is 1.54. The van der Waals surface area contributed by atoms with Crippen molar-refractivity contribution in [2.75, 3.05) is 10.3 Å². The number of hydrogen-bond donors (Lipinski definition) is 1. The van der Waals surface area contributed by atoms with E-state index in [2.05, 4.69) is 93.2 Å². The monoisotopic (exact) mass is 384 g/mol. The Hall–Kier alpha value is -3.44. The van der Waals surface area contributed by atoms with Gasteiger partial charge in [-0.2, -0.15) is 5.10 Å². The highest BCUT2D eigenvalue weighted by atomic mass is 32.1. The van der Waals surface area contributed by atoms with E-state index in [9.17, 15) is 0 Å². The predicted molar refractivity (Wildman–Crippen MR) is 119 cm³/mol. The molecule has 3 aromatic carbocycles. The SMILES string of the molecule is Cc1csc(NN=Cc2ccc(N(c3ccccc3)c3ccccc3)cc2)n1. The second-order valence-electron chi connectivity index (χ2n) is 6.26. The molecule has 4 aromatic rings. The average Bonchev–Trinajstić information content (AvgIpc) is 3.16. The van der Waals surface area contributed by atoms with Crippen molar-refractivity contribution in [3.8, 4) is 0 Å². The highest BCUT2D eigenvalue weighted by Crippen LogP contribution is 2.33. The Morgan fingerprint density at radius 1 is 0.821 bits per heavy atom. The van der Waals surface area contributed by atoms with Crippen LogP contribution >= 0.6 is 11.3 Å². The van der Waals surface area contributed by atoms with Crippen LogP contribution in [-0.4, -0.2) is 11.2 Å². The molecule has 0 fully saturated rings. The van der Waals surface area contributed by atoms with Gasteiger partial charge in [0.2, 0.25) is 5.13 Å². The molecule has 5 heteroatoms. The molecule has 4 rings (SSSR count). The number of aromatic nitrogens is 1. The van der Waals surface area contributed by atoms with Crippen molar-refractivity contribution in [3.63, 3.8) is 0 Å². The zero-order valence-corrected chi connectivity index (χ0v) is 16.3. The first-order chi connectivity index (χ1) is 13.8. The Balaban J connectivity index is 1.56. The van der Waals surface area contributed by atoms with E-state index in [0.717, 1.165) is 33.5 Å². The number of hydrazone groups is 1. The molecule has 138 valence electrons. The predicted octanol–water partition coefficient (Wildman–Crippen LogP) is 6.37. The largest absolute Gasteiger partial charge is 0.311 e. The number of aryl methyl sites for hydroxylation is 1. The molecule has 0 spiro atoms. The van der Waals surface area contributed by atoms with Crippen molar-refractivity contribution in [2.24, 2.45) is 5.10 Å². The lowest BCUT2D eigenvalue weighted by molar-refractivity contribution is 1.22. The van der Waals surface area contributed by atoms with Gasteiger partial charge in [0.05, 0.1) is 11.9 Å². The van der Waals surface area contributed by atoms with Crippen LogP contribution in [-0.2, 0) is 0 Å². The summed E-state index contributed by atoms with van der Waals surface area (Å²) in [7, 11) is 0. The van der Waals surface area contributed by atoms with Gasteiger partial charge in [0.25, 0.3) is 0 Å². The maximum absolute atomic E-state index is 4.33. The summed E-state index contributed by atoms with van der Waals surface area (Å²) in [5.74, 6) is 0. The van der Waals surface area contributed by atoms with Gasteiger partial charge in [0.15, 0.2) is 0 Å². The Kier molecular flexibility index (Phi) is 5.45. The molecule has 0 aliphatic rings. The zero-order valence-electron chi connectivity index (χ0n) is 15.5. The van der Waals surface area contributed by atoms with Crippen LogP contribution in [0.4, 0.5) is 22.2 Å². The van der Waals surface area contributed by atoms with Gasteiger partial charge in [-0.05, 0) is 48.9 Å². The van der Waals surface area contributed by atoms with E-state index in [4.69, 9.17) is 0 Å². The number of rotatable bonds is 6. The lowest BCUT2D eigenvalue weighted by Gasteiger charge is -2.25. The van der Waals surface area contributed by atoms with E-state index in [-0.39, 0.29) is 0 Å². The Bertz CT molecular complexity index is 1000. The van der Waals surface area contributed by atoms with Gasteiger partial charge < -0.3 is 4.90 Å². The second kappa shape index (κ2) is 8.50. The third-order valence-electron chi connectivity index (χ3n) is 4.17. The van der Waals surface area contributed by atoms with Crippen LogP contribution in [0.15, 0.2) is 95.4 Å². The molecule has 0 amide bonds. The Morgan fingerprint density at radius 3 is 1.93 bits per heavy atom. The smallest absolute Gasteiger partial charge is 0.203 e. The number of thiazole rings is 1. The molecule has 28 heavy (non-hydrogen) atoms. The lowest BCUT2D eigenvalue weighted by Crippen LogP contribution is -2.09. The summed E-state index contributed by atoms with van der Waals surface area (Å²) < 4.78 is 0. The van der Waals surface area contributed by atoms with Gasteiger partial charge in [0.1, 0.15) is 0 Å². The van der Waals surface area contributed by atoms with Crippen molar-refractivity contribution in [1.82, 2.24) is 4.98 Å². The molecule has 0 aliphatic carbocycles. The van der Waals surface area contributed by atoms with E-state index >= 15 is 0 Å². The van der Waals surface area contributed by atoms with Crippen LogP contribution in [0.2, 0.25) is 0 Å². The van der Waals surface area contributed by atoms with Crippen LogP contribution in [0.25, 0.3) is 0 Å². The third kappa shape index (κ3) is 4.27. The van der Waals surface area contributed by atoms with Gasteiger partial charge >= 0.3 is 0 Å². The first kappa shape index (κ1) is 17.9. The molecule has 0 saturated carbocycles. The molecule has 0 aliphatic heterocycles. The fourth-order valence-electron chi connectivity index (χ4n) is 2.88. The molecule has 1 heterocycles. The van der Waals surface area contributed by atoms with E-state index in [1.165, 1.54) is 0 Å². The number of nitrogens with one attached hydrogen (secondary N) is 1.